The Labute approximate surface area is 174 Å². The number of nitrogens with zero attached hydrogens (tertiary/aromatic N) is 4. The zero-order valence-corrected chi connectivity index (χ0v) is 16.2. The van der Waals surface area contributed by atoms with Crippen LogP contribution in [0.25, 0.3) is 11.0 Å². The smallest absolute Gasteiger partial charge is 0.406 e. The molecule has 0 aliphatic carbocycles. The van der Waals surface area contributed by atoms with Crippen LogP contribution >= 0.6 is 0 Å². The maximum Gasteiger partial charge on any atom is 0.573 e. The van der Waals surface area contributed by atoms with E-state index < -0.39 is 12.3 Å². The lowest BCUT2D eigenvalue weighted by Gasteiger charge is -2.36. The van der Waals surface area contributed by atoms with E-state index in [1.165, 1.54) is 12.1 Å². The number of piperazine rings is 1. The van der Waals surface area contributed by atoms with Crippen molar-refractivity contribution >= 4 is 22.8 Å². The Hall–Kier alpha value is -3.76. The van der Waals surface area contributed by atoms with Crippen LogP contribution in [-0.4, -0.2) is 58.9 Å². The number of hydrogen-bond acceptors (Lipinski definition) is 5. The molecular formula is C20H18F3N5O3. The highest BCUT2D eigenvalue weighted by Gasteiger charge is 2.31. The second kappa shape index (κ2) is 7.82. The third kappa shape index (κ3) is 4.39. The van der Waals surface area contributed by atoms with Crippen molar-refractivity contribution in [2.24, 2.45) is 5.73 Å². The summed E-state index contributed by atoms with van der Waals surface area (Å²) in [5.74, 6) is -1.17. The summed E-state index contributed by atoms with van der Waals surface area (Å²) in [5.41, 5.74) is 7.41. The van der Waals surface area contributed by atoms with Crippen LogP contribution < -0.4 is 15.5 Å². The summed E-state index contributed by atoms with van der Waals surface area (Å²) in [7, 11) is 0. The Morgan fingerprint density at radius 2 is 1.61 bits per heavy atom. The first-order valence-electron chi connectivity index (χ1n) is 9.38. The molecular weight excluding hydrogens is 415 g/mol. The third-order valence-corrected chi connectivity index (χ3v) is 5.00. The van der Waals surface area contributed by atoms with E-state index in [0.717, 1.165) is 17.6 Å². The summed E-state index contributed by atoms with van der Waals surface area (Å²) >= 11 is 0. The first-order valence-corrected chi connectivity index (χ1v) is 9.38. The fraction of sp³-hybridized carbons (Fsp3) is 0.250. The summed E-state index contributed by atoms with van der Waals surface area (Å²) in [6.07, 6.45) is -3.13. The molecule has 2 aromatic carbocycles. The van der Waals surface area contributed by atoms with Gasteiger partial charge in [0.05, 0.1) is 24.1 Å². The van der Waals surface area contributed by atoms with E-state index in [2.05, 4.69) is 9.72 Å². The van der Waals surface area contributed by atoms with Gasteiger partial charge >= 0.3 is 6.36 Å². The van der Waals surface area contributed by atoms with Crippen LogP contribution in [0.2, 0.25) is 0 Å². The van der Waals surface area contributed by atoms with E-state index >= 15 is 0 Å². The van der Waals surface area contributed by atoms with Gasteiger partial charge in [-0.25, -0.2) is 9.66 Å². The van der Waals surface area contributed by atoms with E-state index in [4.69, 9.17) is 5.73 Å². The second-order valence-corrected chi connectivity index (χ2v) is 6.97. The SMILES string of the molecule is NC(=O)c1ccc2c(c1)ncn2N1CCN(C(=O)c2ccc(OC(F)(F)F)cc2)CC1. The van der Waals surface area contributed by atoms with E-state index in [9.17, 15) is 22.8 Å². The largest absolute Gasteiger partial charge is 0.573 e. The number of rotatable bonds is 4. The van der Waals surface area contributed by atoms with Gasteiger partial charge in [-0.3, -0.25) is 9.59 Å². The average molecular weight is 433 g/mol. The minimum atomic E-state index is -4.78. The monoisotopic (exact) mass is 433 g/mol. The van der Waals surface area contributed by atoms with Gasteiger partial charge in [0.25, 0.3) is 5.91 Å². The van der Waals surface area contributed by atoms with Crippen molar-refractivity contribution in [3.05, 3.63) is 59.9 Å². The Morgan fingerprint density at radius 3 is 2.23 bits per heavy atom. The number of carbonyl (C=O) groups is 2. The van der Waals surface area contributed by atoms with Crippen molar-refractivity contribution in [2.45, 2.75) is 6.36 Å². The maximum atomic E-state index is 12.7. The molecule has 0 radical (unpaired) electrons. The van der Waals surface area contributed by atoms with Crippen molar-refractivity contribution in [1.82, 2.24) is 14.6 Å². The molecule has 2 N–H and O–H groups in total. The predicted octanol–water partition coefficient (Wildman–Crippen LogP) is 2.13. The van der Waals surface area contributed by atoms with Crippen molar-refractivity contribution < 1.29 is 27.5 Å². The standard InChI is InChI=1S/C20H18F3N5O3/c21-20(22,23)31-15-4-1-13(2-5-15)19(30)26-7-9-27(10-8-26)28-12-25-16-11-14(18(24)29)3-6-17(16)28/h1-6,11-12H,7-10H2,(H2,24,29). The Balaban J connectivity index is 1.41. The number of carbonyl (C=O) groups excluding carboxylic acids is 2. The zero-order valence-electron chi connectivity index (χ0n) is 16.2. The van der Waals surface area contributed by atoms with Gasteiger partial charge in [0.2, 0.25) is 5.91 Å². The number of nitrogens with two attached hydrogens (primary N) is 1. The van der Waals surface area contributed by atoms with Gasteiger partial charge in [0.1, 0.15) is 12.1 Å². The fourth-order valence-corrected chi connectivity index (χ4v) is 3.47. The average Bonchev–Trinajstić information content (AvgIpc) is 3.16. The maximum absolute atomic E-state index is 12.7. The number of amides is 2. The Morgan fingerprint density at radius 1 is 0.968 bits per heavy atom. The lowest BCUT2D eigenvalue weighted by atomic mass is 10.1. The van der Waals surface area contributed by atoms with Gasteiger partial charge < -0.3 is 20.4 Å². The van der Waals surface area contributed by atoms with Crippen LogP contribution in [0.4, 0.5) is 13.2 Å². The van der Waals surface area contributed by atoms with Crippen molar-refractivity contribution in [3.8, 4) is 5.75 Å². The van der Waals surface area contributed by atoms with Gasteiger partial charge in [-0.05, 0) is 42.5 Å². The summed E-state index contributed by atoms with van der Waals surface area (Å²) in [6, 6.07) is 9.90. The van der Waals surface area contributed by atoms with Crippen LogP contribution in [0.5, 0.6) is 5.75 Å². The van der Waals surface area contributed by atoms with Crippen LogP contribution in [0, 0.1) is 0 Å². The quantitative estimate of drug-likeness (QED) is 0.681. The molecule has 3 aromatic rings. The highest BCUT2D eigenvalue weighted by atomic mass is 19.4. The zero-order chi connectivity index (χ0) is 22.2. The molecule has 1 fully saturated rings. The number of primary amides is 1. The van der Waals surface area contributed by atoms with Crippen molar-refractivity contribution in [1.29, 1.82) is 0 Å². The van der Waals surface area contributed by atoms with E-state index in [1.807, 2.05) is 9.69 Å². The van der Waals surface area contributed by atoms with Gasteiger partial charge in [-0.1, -0.05) is 0 Å². The fourth-order valence-electron chi connectivity index (χ4n) is 3.47. The summed E-state index contributed by atoms with van der Waals surface area (Å²) < 4.78 is 42.5. The van der Waals surface area contributed by atoms with Gasteiger partial charge in [-0.2, -0.15) is 0 Å². The topological polar surface area (TPSA) is 93.7 Å². The minimum Gasteiger partial charge on any atom is -0.406 e. The molecule has 0 spiro atoms. The number of imidazole rings is 1. The number of hydrogen-bond donors (Lipinski definition) is 1. The van der Waals surface area contributed by atoms with E-state index in [1.54, 1.807) is 29.4 Å². The van der Waals surface area contributed by atoms with E-state index in [0.29, 0.717) is 37.3 Å². The predicted molar refractivity (Wildman–Crippen MR) is 105 cm³/mol. The molecule has 1 aliphatic heterocycles. The first-order chi connectivity index (χ1) is 14.7. The van der Waals surface area contributed by atoms with Crippen molar-refractivity contribution in [2.75, 3.05) is 31.2 Å². The Bertz CT molecular complexity index is 1120. The Kier molecular flexibility index (Phi) is 5.17. The van der Waals surface area contributed by atoms with Gasteiger partial charge in [-0.15, -0.1) is 13.2 Å². The van der Waals surface area contributed by atoms with Gasteiger partial charge in [0, 0.05) is 24.2 Å². The molecule has 0 unspecified atom stereocenters. The second-order valence-electron chi connectivity index (χ2n) is 6.97. The normalized spacial score (nSPS) is 14.7. The molecule has 162 valence electrons. The van der Waals surface area contributed by atoms with E-state index in [-0.39, 0.29) is 17.2 Å². The van der Waals surface area contributed by atoms with Crippen LogP contribution in [0.1, 0.15) is 20.7 Å². The molecule has 0 saturated carbocycles. The number of halogens is 3. The van der Waals surface area contributed by atoms with Gasteiger partial charge in [0.15, 0.2) is 0 Å². The molecule has 1 aromatic heterocycles. The molecule has 31 heavy (non-hydrogen) atoms. The number of aromatic nitrogens is 2. The molecule has 0 bridgehead atoms. The highest BCUT2D eigenvalue weighted by molar-refractivity contribution is 5.96. The molecule has 0 atom stereocenters. The summed E-state index contributed by atoms with van der Waals surface area (Å²) in [5, 5.41) is 2.02. The number of ether oxygens (including phenoxy) is 1. The molecule has 4 rings (SSSR count). The lowest BCUT2D eigenvalue weighted by molar-refractivity contribution is -0.274. The molecule has 8 nitrogen and oxygen atoms in total. The molecule has 2 amide bonds. The summed E-state index contributed by atoms with van der Waals surface area (Å²) in [4.78, 5) is 30.0. The van der Waals surface area contributed by atoms with Crippen molar-refractivity contribution in [3.63, 3.8) is 0 Å². The van der Waals surface area contributed by atoms with Crippen LogP contribution in [0.3, 0.4) is 0 Å². The number of alkyl halides is 3. The number of benzene rings is 2. The number of fused-ring (bicyclic) bond motifs is 1. The summed E-state index contributed by atoms with van der Waals surface area (Å²) in [6.45, 7) is 1.92. The molecule has 11 heteroatoms. The highest BCUT2D eigenvalue weighted by Crippen LogP contribution is 2.23. The van der Waals surface area contributed by atoms with Crippen LogP contribution in [-0.2, 0) is 0 Å². The first kappa shape index (κ1) is 20.5. The third-order valence-electron chi connectivity index (χ3n) is 5.00. The molecule has 2 heterocycles. The lowest BCUT2D eigenvalue weighted by Crippen LogP contribution is -2.52. The minimum absolute atomic E-state index is 0.264. The molecule has 1 aliphatic rings. The van der Waals surface area contributed by atoms with Crippen LogP contribution in [0.15, 0.2) is 48.8 Å². The molecule has 1 saturated heterocycles.